The second kappa shape index (κ2) is 5.45. The van der Waals surface area contributed by atoms with Crippen LogP contribution in [-0.4, -0.2) is 0 Å². The van der Waals surface area contributed by atoms with Gasteiger partial charge in [-0.05, 0) is 47.9 Å². The van der Waals surface area contributed by atoms with E-state index in [1.807, 2.05) is 11.8 Å². The molecule has 2 aromatic rings. The highest BCUT2D eigenvalue weighted by Crippen LogP contribution is 2.28. The highest BCUT2D eigenvalue weighted by molar-refractivity contribution is 8.02. The molecule has 0 aliphatic heterocycles. The van der Waals surface area contributed by atoms with Gasteiger partial charge in [0.05, 0.1) is 0 Å². The number of hydrogen-bond acceptors (Lipinski definition) is 1. The maximum atomic E-state index is 2.34. The lowest BCUT2D eigenvalue weighted by Crippen LogP contribution is -2.04. The van der Waals surface area contributed by atoms with Crippen molar-refractivity contribution in [3.05, 3.63) is 76.7 Å². The number of allylic oxidation sites excluding steroid dienone is 1. The van der Waals surface area contributed by atoms with Gasteiger partial charge in [-0.3, -0.25) is 0 Å². The van der Waals surface area contributed by atoms with Crippen LogP contribution in [0.25, 0.3) is 0 Å². The van der Waals surface area contributed by atoms with Gasteiger partial charge in [-0.2, -0.15) is 0 Å². The van der Waals surface area contributed by atoms with Gasteiger partial charge in [-0.15, -0.1) is 0 Å². The van der Waals surface area contributed by atoms with Crippen LogP contribution in [0.4, 0.5) is 0 Å². The quantitative estimate of drug-likeness (QED) is 0.688. The van der Waals surface area contributed by atoms with Crippen molar-refractivity contribution >= 4 is 11.8 Å². The van der Waals surface area contributed by atoms with Gasteiger partial charge in [0.2, 0.25) is 0 Å². The van der Waals surface area contributed by atoms with Crippen molar-refractivity contribution in [2.24, 2.45) is 0 Å². The highest BCUT2D eigenvalue weighted by atomic mass is 32.2. The molecule has 0 aromatic heterocycles. The maximum Gasteiger partial charge on any atom is 0.0116 e. The molecule has 0 amide bonds. The van der Waals surface area contributed by atoms with E-state index >= 15 is 0 Å². The molecule has 0 heterocycles. The van der Waals surface area contributed by atoms with Crippen LogP contribution < -0.4 is 0 Å². The van der Waals surface area contributed by atoms with E-state index in [1.54, 1.807) is 5.57 Å². The van der Waals surface area contributed by atoms with Crippen LogP contribution in [0.2, 0.25) is 0 Å². The number of fused-ring (bicyclic) bond motifs is 1. The van der Waals surface area contributed by atoms with E-state index in [4.69, 9.17) is 0 Å². The van der Waals surface area contributed by atoms with Gasteiger partial charge < -0.3 is 0 Å². The van der Waals surface area contributed by atoms with Crippen LogP contribution in [0.1, 0.15) is 17.5 Å². The molecule has 0 radical (unpaired) electrons. The first-order chi connectivity index (χ1) is 8.92. The number of aryl methyl sites for hydroxylation is 1. The molecule has 0 atom stereocenters. The van der Waals surface area contributed by atoms with Gasteiger partial charge in [0.25, 0.3) is 0 Å². The van der Waals surface area contributed by atoms with E-state index in [2.05, 4.69) is 60.0 Å². The normalized spacial score (nSPS) is 16.6. The zero-order valence-electron chi connectivity index (χ0n) is 10.3. The summed E-state index contributed by atoms with van der Waals surface area (Å²) in [5.74, 6) is 0. The van der Waals surface area contributed by atoms with E-state index in [0.717, 1.165) is 6.42 Å². The molecule has 0 saturated carbocycles. The summed E-state index contributed by atoms with van der Waals surface area (Å²) in [6, 6.07) is 19.4. The minimum Gasteiger partial charge on any atom is -0.0981 e. The van der Waals surface area contributed by atoms with Gasteiger partial charge in [-0.25, -0.2) is 0 Å². The first kappa shape index (κ1) is 11.6. The minimum absolute atomic E-state index is 1.12. The number of thioether (sulfide) groups is 1. The Bertz CT molecular complexity index is 555. The van der Waals surface area contributed by atoms with Crippen LogP contribution in [-0.2, 0) is 12.8 Å². The zero-order chi connectivity index (χ0) is 12.2. The average molecular weight is 252 g/mol. The standard InChI is InChI=1S/C17H16S/c1-2-8-17(9-3-1)18-13-14-10-11-15-6-4-5-7-16(15)12-14/h1-9,13H,10-12H2/b14-13+. The molecule has 0 nitrogen and oxygen atoms in total. The Labute approximate surface area is 113 Å². The molecular weight excluding hydrogens is 236 g/mol. The lowest BCUT2D eigenvalue weighted by molar-refractivity contribution is 0.839. The summed E-state index contributed by atoms with van der Waals surface area (Å²) in [7, 11) is 0. The van der Waals surface area contributed by atoms with Crippen molar-refractivity contribution in [3.63, 3.8) is 0 Å². The summed E-state index contributed by atoms with van der Waals surface area (Å²) < 4.78 is 0. The second-order valence-electron chi connectivity index (χ2n) is 4.65. The second-order valence-corrected chi connectivity index (χ2v) is 5.60. The van der Waals surface area contributed by atoms with Crippen LogP contribution in [0, 0.1) is 0 Å². The summed E-state index contributed by atoms with van der Waals surface area (Å²) >= 11 is 1.84. The molecule has 90 valence electrons. The van der Waals surface area contributed by atoms with Crippen molar-refractivity contribution in [3.8, 4) is 0 Å². The fraction of sp³-hybridized carbons (Fsp3) is 0.176. The third kappa shape index (κ3) is 2.68. The van der Waals surface area contributed by atoms with E-state index in [0.29, 0.717) is 0 Å². The van der Waals surface area contributed by atoms with Gasteiger partial charge in [0.1, 0.15) is 0 Å². The molecule has 0 N–H and O–H groups in total. The summed E-state index contributed by atoms with van der Waals surface area (Å²) in [5.41, 5.74) is 4.59. The van der Waals surface area contributed by atoms with Crippen LogP contribution in [0.3, 0.4) is 0 Å². The monoisotopic (exact) mass is 252 g/mol. The van der Waals surface area contributed by atoms with Crippen LogP contribution in [0.15, 0.2) is 70.5 Å². The number of benzene rings is 2. The Morgan fingerprint density at radius 3 is 2.33 bits per heavy atom. The molecule has 1 aliphatic rings. The Balaban J connectivity index is 1.72. The molecule has 0 saturated heterocycles. The Morgan fingerprint density at radius 2 is 1.50 bits per heavy atom. The van der Waals surface area contributed by atoms with Crippen molar-refractivity contribution in [1.82, 2.24) is 0 Å². The van der Waals surface area contributed by atoms with Gasteiger partial charge in [0, 0.05) is 4.90 Å². The van der Waals surface area contributed by atoms with E-state index in [-0.39, 0.29) is 0 Å². The Morgan fingerprint density at radius 1 is 0.778 bits per heavy atom. The van der Waals surface area contributed by atoms with E-state index in [1.165, 1.54) is 28.9 Å². The SMILES string of the molecule is C(/Sc1ccccc1)=C1/CCc2ccccc2C1. The smallest absolute Gasteiger partial charge is 0.0116 e. The Hall–Kier alpha value is -1.47. The fourth-order valence-electron chi connectivity index (χ4n) is 2.35. The number of hydrogen-bond donors (Lipinski definition) is 0. The van der Waals surface area contributed by atoms with E-state index < -0.39 is 0 Å². The van der Waals surface area contributed by atoms with Crippen LogP contribution >= 0.6 is 11.8 Å². The molecule has 0 bridgehead atoms. The molecule has 3 rings (SSSR count). The lowest BCUT2D eigenvalue weighted by atomic mass is 9.89. The summed E-state index contributed by atoms with van der Waals surface area (Å²) in [4.78, 5) is 1.32. The minimum atomic E-state index is 1.12. The van der Waals surface area contributed by atoms with Crippen molar-refractivity contribution in [2.45, 2.75) is 24.2 Å². The van der Waals surface area contributed by atoms with Gasteiger partial charge in [0.15, 0.2) is 0 Å². The zero-order valence-corrected chi connectivity index (χ0v) is 11.1. The van der Waals surface area contributed by atoms with Crippen LogP contribution in [0.5, 0.6) is 0 Å². The molecule has 0 fully saturated rings. The predicted octanol–water partition coefficient (Wildman–Crippen LogP) is 4.85. The predicted molar refractivity (Wildman–Crippen MR) is 78.8 cm³/mol. The first-order valence-electron chi connectivity index (χ1n) is 6.38. The molecule has 1 aliphatic carbocycles. The molecule has 0 unspecified atom stereocenters. The summed E-state index contributed by atoms with van der Waals surface area (Å²) in [5, 5.41) is 2.34. The van der Waals surface area contributed by atoms with Gasteiger partial charge >= 0.3 is 0 Å². The van der Waals surface area contributed by atoms with Crippen molar-refractivity contribution in [2.75, 3.05) is 0 Å². The largest absolute Gasteiger partial charge is 0.0981 e. The first-order valence-corrected chi connectivity index (χ1v) is 7.26. The molecule has 2 aromatic carbocycles. The fourth-order valence-corrected chi connectivity index (χ4v) is 3.17. The topological polar surface area (TPSA) is 0 Å². The number of rotatable bonds is 2. The van der Waals surface area contributed by atoms with Gasteiger partial charge in [-0.1, -0.05) is 59.8 Å². The lowest BCUT2D eigenvalue weighted by Gasteiger charge is -2.18. The molecule has 18 heavy (non-hydrogen) atoms. The highest BCUT2D eigenvalue weighted by Gasteiger charge is 2.11. The Kier molecular flexibility index (Phi) is 3.51. The molecule has 1 heteroatoms. The maximum absolute atomic E-state index is 2.34. The van der Waals surface area contributed by atoms with E-state index in [9.17, 15) is 0 Å². The third-order valence-corrected chi connectivity index (χ3v) is 4.35. The van der Waals surface area contributed by atoms with Crippen molar-refractivity contribution in [1.29, 1.82) is 0 Å². The molecule has 0 spiro atoms. The molecular formula is C17H16S. The summed E-state index contributed by atoms with van der Waals surface area (Å²) in [6.45, 7) is 0. The average Bonchev–Trinajstić information content (AvgIpc) is 2.46. The summed E-state index contributed by atoms with van der Waals surface area (Å²) in [6.07, 6.45) is 3.52. The van der Waals surface area contributed by atoms with Crippen molar-refractivity contribution < 1.29 is 0 Å². The third-order valence-electron chi connectivity index (χ3n) is 3.36.